The van der Waals surface area contributed by atoms with Gasteiger partial charge in [0.15, 0.2) is 0 Å². The number of ether oxygens (including phenoxy) is 1. The van der Waals surface area contributed by atoms with Crippen LogP contribution in [0.1, 0.15) is 34.6 Å². The molecule has 0 spiro atoms. The molecule has 1 unspecified atom stereocenters. The number of rotatable bonds is 2. The Morgan fingerprint density at radius 3 is 2.23 bits per heavy atom. The van der Waals surface area contributed by atoms with Gasteiger partial charge in [0.05, 0.1) is 12.7 Å². The number of β-amino-alcohol motifs (C(OH)–C–C–N with tert-alkyl or cyclic N) is 1. The zero-order chi connectivity index (χ0) is 10.3. The van der Waals surface area contributed by atoms with Gasteiger partial charge < -0.3 is 9.84 Å². The van der Waals surface area contributed by atoms with E-state index < -0.39 is 0 Å². The van der Waals surface area contributed by atoms with E-state index in [9.17, 15) is 5.11 Å². The van der Waals surface area contributed by atoms with Gasteiger partial charge in [-0.2, -0.15) is 0 Å². The molecule has 1 aliphatic rings. The highest BCUT2D eigenvalue weighted by Crippen LogP contribution is 2.34. The Labute approximate surface area is 80.7 Å². The van der Waals surface area contributed by atoms with Gasteiger partial charge in [-0.05, 0) is 34.6 Å². The van der Waals surface area contributed by atoms with Crippen molar-refractivity contribution in [3.63, 3.8) is 0 Å². The molecule has 1 fully saturated rings. The van der Waals surface area contributed by atoms with Crippen LogP contribution in [0.25, 0.3) is 0 Å². The van der Waals surface area contributed by atoms with Gasteiger partial charge >= 0.3 is 0 Å². The minimum atomic E-state index is -0.305. The van der Waals surface area contributed by atoms with Crippen LogP contribution >= 0.6 is 0 Å². The fraction of sp³-hybridized carbons (Fsp3) is 1.00. The van der Waals surface area contributed by atoms with Crippen molar-refractivity contribution < 1.29 is 9.84 Å². The summed E-state index contributed by atoms with van der Waals surface area (Å²) in [6.07, 6.45) is -0.305. The molecule has 1 heterocycles. The van der Waals surface area contributed by atoms with Crippen LogP contribution in [0.5, 0.6) is 0 Å². The van der Waals surface area contributed by atoms with E-state index in [0.29, 0.717) is 6.54 Å². The average molecular weight is 187 g/mol. The Balaban J connectivity index is 2.75. The summed E-state index contributed by atoms with van der Waals surface area (Å²) in [7, 11) is 0. The number of hydrogen-bond acceptors (Lipinski definition) is 3. The van der Waals surface area contributed by atoms with E-state index in [1.54, 1.807) is 0 Å². The number of nitrogens with zero attached hydrogens (tertiary/aromatic N) is 1. The maximum absolute atomic E-state index is 9.38. The van der Waals surface area contributed by atoms with Crippen molar-refractivity contribution in [3.8, 4) is 0 Å². The Morgan fingerprint density at radius 1 is 1.38 bits per heavy atom. The number of aliphatic hydroxyl groups is 1. The van der Waals surface area contributed by atoms with Crippen LogP contribution in [-0.2, 0) is 4.74 Å². The van der Waals surface area contributed by atoms with Crippen molar-refractivity contribution in [2.45, 2.75) is 52.0 Å². The van der Waals surface area contributed by atoms with Gasteiger partial charge in [0.1, 0.15) is 5.72 Å². The summed E-state index contributed by atoms with van der Waals surface area (Å²) in [5.41, 5.74) is -0.221. The normalized spacial score (nSPS) is 29.1. The standard InChI is InChI=1S/C10H21NO2/c1-8(12)6-11-9(2,3)7-13-10(11,4)5/h8,12H,6-7H2,1-5H3. The molecule has 78 valence electrons. The topological polar surface area (TPSA) is 32.7 Å². The Kier molecular flexibility index (Phi) is 2.72. The fourth-order valence-corrected chi connectivity index (χ4v) is 1.97. The smallest absolute Gasteiger partial charge is 0.116 e. The van der Waals surface area contributed by atoms with Crippen molar-refractivity contribution in [3.05, 3.63) is 0 Å². The lowest BCUT2D eigenvalue weighted by molar-refractivity contribution is -0.0720. The van der Waals surface area contributed by atoms with E-state index in [-0.39, 0.29) is 17.4 Å². The van der Waals surface area contributed by atoms with Gasteiger partial charge in [-0.25, -0.2) is 0 Å². The van der Waals surface area contributed by atoms with Gasteiger partial charge in [0, 0.05) is 12.1 Å². The second-order valence-corrected chi connectivity index (χ2v) is 5.01. The van der Waals surface area contributed by atoms with E-state index in [2.05, 4.69) is 18.7 Å². The molecule has 1 rings (SSSR count). The molecule has 0 aromatic carbocycles. The quantitative estimate of drug-likeness (QED) is 0.705. The lowest BCUT2D eigenvalue weighted by Gasteiger charge is -2.38. The maximum Gasteiger partial charge on any atom is 0.116 e. The van der Waals surface area contributed by atoms with E-state index in [4.69, 9.17) is 4.74 Å². The molecule has 1 saturated heterocycles. The largest absolute Gasteiger partial charge is 0.392 e. The van der Waals surface area contributed by atoms with E-state index in [0.717, 1.165) is 6.61 Å². The molecule has 13 heavy (non-hydrogen) atoms. The molecule has 0 amide bonds. The number of hydrogen-bond donors (Lipinski definition) is 1. The summed E-state index contributed by atoms with van der Waals surface area (Å²) in [6.45, 7) is 11.6. The Bertz CT molecular complexity index is 171. The first-order chi connectivity index (χ1) is 5.76. The summed E-state index contributed by atoms with van der Waals surface area (Å²) in [5.74, 6) is 0. The third kappa shape index (κ3) is 2.22. The molecule has 1 N–H and O–H groups in total. The predicted molar refractivity (Wildman–Crippen MR) is 52.5 cm³/mol. The van der Waals surface area contributed by atoms with Gasteiger partial charge in [0.2, 0.25) is 0 Å². The van der Waals surface area contributed by atoms with Crippen LogP contribution in [0.3, 0.4) is 0 Å². The van der Waals surface area contributed by atoms with Crippen LogP contribution in [0.15, 0.2) is 0 Å². The van der Waals surface area contributed by atoms with Crippen molar-refractivity contribution in [2.24, 2.45) is 0 Å². The first kappa shape index (κ1) is 11.0. The summed E-state index contributed by atoms with van der Waals surface area (Å²) in [6, 6.07) is 0. The van der Waals surface area contributed by atoms with Crippen LogP contribution < -0.4 is 0 Å². The van der Waals surface area contributed by atoms with E-state index in [1.165, 1.54) is 0 Å². The molecular weight excluding hydrogens is 166 g/mol. The van der Waals surface area contributed by atoms with Crippen molar-refractivity contribution in [2.75, 3.05) is 13.2 Å². The molecule has 0 aliphatic carbocycles. The SMILES string of the molecule is CC(O)CN1C(C)(C)COC1(C)C. The van der Waals surface area contributed by atoms with E-state index in [1.807, 2.05) is 20.8 Å². The Morgan fingerprint density at radius 2 is 1.92 bits per heavy atom. The minimum Gasteiger partial charge on any atom is -0.392 e. The molecule has 3 heteroatoms. The molecule has 1 atom stereocenters. The van der Waals surface area contributed by atoms with Crippen molar-refractivity contribution in [1.29, 1.82) is 0 Å². The molecule has 0 saturated carbocycles. The van der Waals surface area contributed by atoms with Crippen LogP contribution in [0, 0.1) is 0 Å². The van der Waals surface area contributed by atoms with E-state index >= 15 is 0 Å². The Hall–Kier alpha value is -0.120. The molecular formula is C10H21NO2. The predicted octanol–water partition coefficient (Wildman–Crippen LogP) is 1.21. The minimum absolute atomic E-state index is 0.0283. The monoisotopic (exact) mass is 187 g/mol. The maximum atomic E-state index is 9.38. The summed E-state index contributed by atoms with van der Waals surface area (Å²) >= 11 is 0. The van der Waals surface area contributed by atoms with Crippen molar-refractivity contribution >= 4 is 0 Å². The van der Waals surface area contributed by atoms with Gasteiger partial charge in [-0.15, -0.1) is 0 Å². The van der Waals surface area contributed by atoms with Crippen LogP contribution in [0.2, 0.25) is 0 Å². The average Bonchev–Trinajstić information content (AvgIpc) is 2.12. The summed E-state index contributed by atoms with van der Waals surface area (Å²) < 4.78 is 5.68. The highest BCUT2D eigenvalue weighted by Gasteiger charge is 2.45. The van der Waals surface area contributed by atoms with Gasteiger partial charge in [-0.1, -0.05) is 0 Å². The van der Waals surface area contributed by atoms with Gasteiger partial charge in [-0.3, -0.25) is 4.90 Å². The molecule has 0 aromatic rings. The zero-order valence-corrected chi connectivity index (χ0v) is 9.29. The second-order valence-electron chi connectivity index (χ2n) is 5.01. The molecule has 3 nitrogen and oxygen atoms in total. The van der Waals surface area contributed by atoms with Crippen LogP contribution in [-0.4, -0.2) is 40.5 Å². The fourth-order valence-electron chi connectivity index (χ4n) is 1.97. The molecule has 1 aliphatic heterocycles. The summed E-state index contributed by atoms with van der Waals surface area (Å²) in [5, 5.41) is 9.38. The first-order valence-electron chi connectivity index (χ1n) is 4.85. The van der Waals surface area contributed by atoms with Crippen molar-refractivity contribution in [1.82, 2.24) is 4.90 Å². The molecule has 0 bridgehead atoms. The van der Waals surface area contributed by atoms with Crippen LogP contribution in [0.4, 0.5) is 0 Å². The summed E-state index contributed by atoms with van der Waals surface area (Å²) in [4.78, 5) is 2.21. The van der Waals surface area contributed by atoms with Gasteiger partial charge in [0.25, 0.3) is 0 Å². The third-order valence-electron chi connectivity index (χ3n) is 2.61. The molecule has 0 aromatic heterocycles. The lowest BCUT2D eigenvalue weighted by atomic mass is 10.0. The highest BCUT2D eigenvalue weighted by atomic mass is 16.5. The second kappa shape index (κ2) is 3.23. The number of aliphatic hydroxyl groups excluding tert-OH is 1. The molecule has 0 radical (unpaired) electrons. The zero-order valence-electron chi connectivity index (χ0n) is 9.29. The first-order valence-corrected chi connectivity index (χ1v) is 4.85. The third-order valence-corrected chi connectivity index (χ3v) is 2.61. The lowest BCUT2D eigenvalue weighted by Crippen LogP contribution is -2.51. The highest BCUT2D eigenvalue weighted by molar-refractivity contribution is 4.94.